The summed E-state index contributed by atoms with van der Waals surface area (Å²) in [6.45, 7) is 3.73. The van der Waals surface area contributed by atoms with E-state index in [1.165, 1.54) is 0 Å². The molecule has 0 amide bonds. The van der Waals surface area contributed by atoms with Crippen LogP contribution < -0.4 is 0 Å². The van der Waals surface area contributed by atoms with E-state index in [2.05, 4.69) is 5.10 Å². The van der Waals surface area contributed by atoms with Crippen LogP contribution in [0.4, 0.5) is 0 Å². The van der Waals surface area contributed by atoms with Crippen molar-refractivity contribution in [3.8, 4) is 0 Å². The summed E-state index contributed by atoms with van der Waals surface area (Å²) in [5.74, 6) is -0.746. The maximum Gasteiger partial charge on any atom is 0.313 e. The van der Waals surface area contributed by atoms with E-state index in [0.717, 1.165) is 0 Å². The zero-order valence-corrected chi connectivity index (χ0v) is 9.11. The average molecular weight is 210 g/mol. The van der Waals surface area contributed by atoms with Crippen LogP contribution in [-0.2, 0) is 16.6 Å². The van der Waals surface area contributed by atoms with Gasteiger partial charge in [-0.3, -0.25) is 14.3 Å². The third kappa shape index (κ3) is 2.90. The minimum atomic E-state index is -0.495. The monoisotopic (exact) mass is 210 g/mol. The number of hydrogen-bond donors (Lipinski definition) is 0. The zero-order chi connectivity index (χ0) is 11.4. The second kappa shape index (κ2) is 4.72. The van der Waals surface area contributed by atoms with Gasteiger partial charge in [-0.05, 0) is 13.8 Å². The summed E-state index contributed by atoms with van der Waals surface area (Å²) < 4.78 is 6.24. The molecule has 0 radical (unpaired) electrons. The Bertz CT molecular complexity index is 382. The quantitative estimate of drug-likeness (QED) is 0.420. The van der Waals surface area contributed by atoms with Gasteiger partial charge >= 0.3 is 5.97 Å². The molecule has 0 aliphatic rings. The Balaban J connectivity index is 2.69. The lowest BCUT2D eigenvalue weighted by atomic mass is 10.1. The van der Waals surface area contributed by atoms with Crippen LogP contribution in [0.1, 0.15) is 29.4 Å². The Morgan fingerprint density at radius 1 is 1.53 bits per heavy atom. The van der Waals surface area contributed by atoms with Crippen LogP contribution in [0.2, 0.25) is 0 Å². The Morgan fingerprint density at radius 3 is 2.67 bits per heavy atom. The molecular formula is C10H14N2O3. The Morgan fingerprint density at radius 2 is 2.20 bits per heavy atom. The molecule has 1 aromatic heterocycles. The summed E-state index contributed by atoms with van der Waals surface area (Å²) in [6, 6.07) is 0. The normalized spacial score (nSPS) is 10.1. The molecule has 1 heterocycles. The first kappa shape index (κ1) is 11.4. The minimum Gasteiger partial charge on any atom is -0.466 e. The summed E-state index contributed by atoms with van der Waals surface area (Å²) in [5.41, 5.74) is 1.11. The van der Waals surface area contributed by atoms with Crippen molar-refractivity contribution in [3.63, 3.8) is 0 Å². The van der Waals surface area contributed by atoms with Crippen molar-refractivity contribution in [2.75, 3.05) is 6.61 Å². The number of carbonyl (C=O) groups excluding carboxylic acids is 2. The predicted molar refractivity (Wildman–Crippen MR) is 53.5 cm³/mol. The smallest absolute Gasteiger partial charge is 0.313 e. The molecular weight excluding hydrogens is 196 g/mol. The third-order valence-electron chi connectivity index (χ3n) is 1.92. The van der Waals surface area contributed by atoms with Gasteiger partial charge in [0.05, 0.1) is 17.9 Å². The first-order valence-corrected chi connectivity index (χ1v) is 4.73. The molecule has 0 bridgehead atoms. The van der Waals surface area contributed by atoms with Crippen molar-refractivity contribution in [1.82, 2.24) is 9.78 Å². The van der Waals surface area contributed by atoms with Gasteiger partial charge in [-0.2, -0.15) is 5.10 Å². The molecule has 0 aliphatic carbocycles. The predicted octanol–water partition coefficient (Wildman–Crippen LogP) is 0.864. The Kier molecular flexibility index (Phi) is 3.60. The molecule has 0 spiro atoms. The van der Waals surface area contributed by atoms with Gasteiger partial charge in [0.15, 0.2) is 5.78 Å². The van der Waals surface area contributed by atoms with E-state index < -0.39 is 5.97 Å². The molecule has 0 unspecified atom stereocenters. The number of hydrogen-bond acceptors (Lipinski definition) is 4. The SMILES string of the molecule is CCOC(=O)CC(=O)c1cn(C)nc1C. The Hall–Kier alpha value is -1.65. The van der Waals surface area contributed by atoms with Crippen LogP contribution in [-0.4, -0.2) is 28.1 Å². The van der Waals surface area contributed by atoms with Crippen LogP contribution in [0.5, 0.6) is 0 Å². The van der Waals surface area contributed by atoms with Gasteiger partial charge in [-0.25, -0.2) is 0 Å². The fraction of sp³-hybridized carbons (Fsp3) is 0.500. The third-order valence-corrected chi connectivity index (χ3v) is 1.92. The van der Waals surface area contributed by atoms with Gasteiger partial charge in [0, 0.05) is 13.2 Å². The van der Waals surface area contributed by atoms with E-state index in [0.29, 0.717) is 11.3 Å². The maximum atomic E-state index is 11.6. The fourth-order valence-electron chi connectivity index (χ4n) is 1.31. The number of nitrogens with zero attached hydrogens (tertiary/aromatic N) is 2. The van der Waals surface area contributed by atoms with Crippen molar-refractivity contribution >= 4 is 11.8 Å². The standard InChI is InChI=1S/C10H14N2O3/c1-4-15-10(14)5-9(13)8-6-12(3)11-7(8)2/h6H,4-5H2,1-3H3. The summed E-state index contributed by atoms with van der Waals surface area (Å²) in [5, 5.41) is 4.03. The first-order valence-electron chi connectivity index (χ1n) is 4.73. The van der Waals surface area contributed by atoms with E-state index >= 15 is 0 Å². The van der Waals surface area contributed by atoms with Crippen molar-refractivity contribution in [2.45, 2.75) is 20.3 Å². The highest BCUT2D eigenvalue weighted by atomic mass is 16.5. The maximum absolute atomic E-state index is 11.6. The van der Waals surface area contributed by atoms with E-state index in [9.17, 15) is 9.59 Å². The van der Waals surface area contributed by atoms with Crippen LogP contribution >= 0.6 is 0 Å². The van der Waals surface area contributed by atoms with Crippen LogP contribution in [0.25, 0.3) is 0 Å². The van der Waals surface area contributed by atoms with E-state index in [4.69, 9.17) is 4.74 Å². The lowest BCUT2D eigenvalue weighted by molar-refractivity contribution is -0.141. The lowest BCUT2D eigenvalue weighted by Gasteiger charge is -1.99. The molecule has 15 heavy (non-hydrogen) atoms. The summed E-state index contributed by atoms with van der Waals surface area (Å²) in [4.78, 5) is 22.7. The summed E-state index contributed by atoms with van der Waals surface area (Å²) in [7, 11) is 1.73. The molecule has 0 atom stereocenters. The van der Waals surface area contributed by atoms with Gasteiger partial charge in [0.2, 0.25) is 0 Å². The molecule has 0 N–H and O–H groups in total. The summed E-state index contributed by atoms with van der Waals surface area (Å²) in [6.07, 6.45) is 1.39. The highest BCUT2D eigenvalue weighted by Gasteiger charge is 2.16. The number of carbonyl (C=O) groups is 2. The number of aromatic nitrogens is 2. The minimum absolute atomic E-state index is 0.222. The van der Waals surface area contributed by atoms with Gasteiger partial charge < -0.3 is 4.74 Å². The van der Waals surface area contributed by atoms with Crippen molar-refractivity contribution in [3.05, 3.63) is 17.5 Å². The number of aryl methyl sites for hydroxylation is 2. The zero-order valence-electron chi connectivity index (χ0n) is 9.11. The van der Waals surface area contributed by atoms with Crippen molar-refractivity contribution in [1.29, 1.82) is 0 Å². The van der Waals surface area contributed by atoms with Crippen molar-refractivity contribution < 1.29 is 14.3 Å². The van der Waals surface area contributed by atoms with Crippen LogP contribution in [0, 0.1) is 6.92 Å². The molecule has 82 valence electrons. The topological polar surface area (TPSA) is 61.2 Å². The molecule has 1 rings (SSSR count). The molecule has 0 saturated carbocycles. The van der Waals surface area contributed by atoms with E-state index in [-0.39, 0.29) is 18.8 Å². The molecule has 5 nitrogen and oxygen atoms in total. The molecule has 0 fully saturated rings. The first-order chi connectivity index (χ1) is 7.04. The number of ether oxygens (including phenoxy) is 1. The highest BCUT2D eigenvalue weighted by molar-refractivity contribution is 6.06. The molecule has 5 heteroatoms. The second-order valence-electron chi connectivity index (χ2n) is 3.21. The second-order valence-corrected chi connectivity index (χ2v) is 3.21. The van der Waals surface area contributed by atoms with E-state index in [1.807, 2.05) is 0 Å². The van der Waals surface area contributed by atoms with E-state index in [1.54, 1.807) is 31.8 Å². The number of esters is 1. The van der Waals surface area contributed by atoms with Crippen LogP contribution in [0.3, 0.4) is 0 Å². The van der Waals surface area contributed by atoms with Crippen molar-refractivity contribution in [2.24, 2.45) is 7.05 Å². The molecule has 0 aromatic carbocycles. The molecule has 0 saturated heterocycles. The molecule has 1 aromatic rings. The van der Waals surface area contributed by atoms with Crippen LogP contribution in [0.15, 0.2) is 6.20 Å². The average Bonchev–Trinajstić information content (AvgIpc) is 2.45. The van der Waals surface area contributed by atoms with Gasteiger partial charge in [0.1, 0.15) is 6.42 Å². The Labute approximate surface area is 88.0 Å². The highest BCUT2D eigenvalue weighted by Crippen LogP contribution is 2.08. The molecule has 0 aliphatic heterocycles. The summed E-state index contributed by atoms with van der Waals surface area (Å²) >= 11 is 0. The largest absolute Gasteiger partial charge is 0.466 e. The van der Waals surface area contributed by atoms with Gasteiger partial charge in [-0.1, -0.05) is 0 Å². The van der Waals surface area contributed by atoms with Gasteiger partial charge in [-0.15, -0.1) is 0 Å². The number of rotatable bonds is 4. The number of ketones is 1. The number of Topliss-reactive ketones (excluding diaryl/α,β-unsaturated/α-hetero) is 1. The van der Waals surface area contributed by atoms with Gasteiger partial charge in [0.25, 0.3) is 0 Å². The fourth-order valence-corrected chi connectivity index (χ4v) is 1.31. The lowest BCUT2D eigenvalue weighted by Crippen LogP contribution is -2.11.